The number of hydrogen-bond donors (Lipinski definition) is 1. The van der Waals surface area contributed by atoms with Gasteiger partial charge in [0.25, 0.3) is 0 Å². The number of amides is 1. The van der Waals surface area contributed by atoms with Crippen molar-refractivity contribution >= 4 is 23.2 Å². The molecule has 0 radical (unpaired) electrons. The summed E-state index contributed by atoms with van der Waals surface area (Å²) in [5.41, 5.74) is 0.774. The number of rotatable bonds is 1. The van der Waals surface area contributed by atoms with Crippen LogP contribution in [0.15, 0.2) is 12.1 Å². The van der Waals surface area contributed by atoms with Gasteiger partial charge < -0.3 is 10.0 Å². The molecule has 0 aliphatic carbocycles. The number of hydrogen-bond acceptors (Lipinski definition) is 2. The first-order valence-corrected chi connectivity index (χ1v) is 5.31. The van der Waals surface area contributed by atoms with Gasteiger partial charge in [-0.1, -0.05) is 17.7 Å². The van der Waals surface area contributed by atoms with Crippen LogP contribution in [0.4, 0.5) is 10.1 Å². The average molecular weight is 244 g/mol. The van der Waals surface area contributed by atoms with E-state index in [0.717, 1.165) is 0 Å². The Hall–Kier alpha value is -1.13. The molecule has 1 heterocycles. The molecule has 0 aromatic heterocycles. The van der Waals surface area contributed by atoms with Crippen molar-refractivity contribution in [3.63, 3.8) is 0 Å². The maximum atomic E-state index is 13.6. The third-order valence-corrected chi connectivity index (χ3v) is 3.11. The summed E-state index contributed by atoms with van der Waals surface area (Å²) >= 11 is 5.98. The number of carbonyl (C=O) groups excluding carboxylic acids is 1. The SMILES string of the molecule is Cc1ccc(F)c(N2CC(O)CC2=O)c1Cl. The summed E-state index contributed by atoms with van der Waals surface area (Å²) in [6.07, 6.45) is -0.729. The van der Waals surface area contributed by atoms with Crippen LogP contribution in [0.5, 0.6) is 0 Å². The van der Waals surface area contributed by atoms with Crippen molar-refractivity contribution in [1.82, 2.24) is 0 Å². The minimum atomic E-state index is -0.747. The first-order valence-electron chi connectivity index (χ1n) is 4.93. The van der Waals surface area contributed by atoms with Crippen LogP contribution < -0.4 is 4.90 Å². The highest BCUT2D eigenvalue weighted by molar-refractivity contribution is 6.34. The molecule has 1 unspecified atom stereocenters. The topological polar surface area (TPSA) is 40.5 Å². The summed E-state index contributed by atoms with van der Waals surface area (Å²) in [5.74, 6) is -0.850. The number of benzene rings is 1. The van der Waals surface area contributed by atoms with Crippen molar-refractivity contribution in [3.05, 3.63) is 28.5 Å². The fourth-order valence-electron chi connectivity index (χ4n) is 1.79. The molecule has 86 valence electrons. The Kier molecular flexibility index (Phi) is 2.86. The number of aliphatic hydroxyl groups excluding tert-OH is 1. The predicted octanol–water partition coefficient (Wildman–Crippen LogP) is 1.89. The molecule has 1 aliphatic heterocycles. The minimum Gasteiger partial charge on any atom is -0.391 e. The first-order chi connectivity index (χ1) is 7.50. The Morgan fingerprint density at radius 3 is 2.81 bits per heavy atom. The molecular weight excluding hydrogens is 233 g/mol. The van der Waals surface area contributed by atoms with Gasteiger partial charge in [0.05, 0.1) is 29.8 Å². The van der Waals surface area contributed by atoms with Crippen molar-refractivity contribution in [2.75, 3.05) is 11.4 Å². The molecule has 1 N–H and O–H groups in total. The van der Waals surface area contributed by atoms with E-state index >= 15 is 0 Å². The van der Waals surface area contributed by atoms with Gasteiger partial charge in [-0.3, -0.25) is 4.79 Å². The van der Waals surface area contributed by atoms with Crippen LogP contribution >= 0.6 is 11.6 Å². The van der Waals surface area contributed by atoms with Crippen LogP contribution in [0.3, 0.4) is 0 Å². The third-order valence-electron chi connectivity index (χ3n) is 2.63. The van der Waals surface area contributed by atoms with Crippen LogP contribution in [0.1, 0.15) is 12.0 Å². The predicted molar refractivity (Wildman–Crippen MR) is 59.1 cm³/mol. The van der Waals surface area contributed by atoms with Gasteiger partial charge in [0.1, 0.15) is 5.82 Å². The zero-order valence-electron chi connectivity index (χ0n) is 8.70. The lowest BCUT2D eigenvalue weighted by atomic mass is 10.2. The van der Waals surface area contributed by atoms with Gasteiger partial charge in [0.2, 0.25) is 5.91 Å². The third kappa shape index (κ3) is 1.79. The fraction of sp³-hybridized carbons (Fsp3) is 0.364. The van der Waals surface area contributed by atoms with Crippen LogP contribution in [0, 0.1) is 12.7 Å². The van der Waals surface area contributed by atoms with E-state index in [9.17, 15) is 14.3 Å². The second kappa shape index (κ2) is 4.03. The van der Waals surface area contributed by atoms with E-state index in [4.69, 9.17) is 11.6 Å². The van der Waals surface area contributed by atoms with E-state index in [1.54, 1.807) is 13.0 Å². The molecule has 16 heavy (non-hydrogen) atoms. The zero-order chi connectivity index (χ0) is 11.9. The van der Waals surface area contributed by atoms with Gasteiger partial charge in [-0.05, 0) is 18.6 Å². The summed E-state index contributed by atoms with van der Waals surface area (Å²) in [4.78, 5) is 12.7. The first kappa shape index (κ1) is 11.4. The summed E-state index contributed by atoms with van der Waals surface area (Å²) in [6.45, 7) is 1.83. The highest BCUT2D eigenvalue weighted by atomic mass is 35.5. The summed E-state index contributed by atoms with van der Waals surface area (Å²) in [5, 5.41) is 9.58. The Bertz CT molecular complexity index is 450. The molecule has 1 aliphatic rings. The number of halogens is 2. The van der Waals surface area contributed by atoms with Crippen molar-refractivity contribution in [3.8, 4) is 0 Å². The molecule has 1 saturated heterocycles. The molecular formula is C11H11ClFNO2. The Balaban J connectivity index is 2.48. The molecule has 1 aromatic rings. The van der Waals surface area contributed by atoms with Crippen molar-refractivity contribution < 1.29 is 14.3 Å². The quantitative estimate of drug-likeness (QED) is 0.818. The fourth-order valence-corrected chi connectivity index (χ4v) is 2.05. The van der Waals surface area contributed by atoms with Gasteiger partial charge in [-0.25, -0.2) is 4.39 Å². The highest BCUT2D eigenvalue weighted by Crippen LogP contribution is 2.34. The van der Waals surface area contributed by atoms with Crippen LogP contribution in [-0.2, 0) is 4.79 Å². The Morgan fingerprint density at radius 2 is 2.25 bits per heavy atom. The van der Waals surface area contributed by atoms with E-state index in [1.807, 2.05) is 0 Å². The Labute approximate surface area is 97.4 Å². The van der Waals surface area contributed by atoms with E-state index in [2.05, 4.69) is 0 Å². The van der Waals surface area contributed by atoms with Gasteiger partial charge in [0, 0.05) is 0 Å². The second-order valence-corrected chi connectivity index (χ2v) is 4.27. The van der Waals surface area contributed by atoms with Crippen molar-refractivity contribution in [2.24, 2.45) is 0 Å². The lowest BCUT2D eigenvalue weighted by Crippen LogP contribution is -2.26. The number of β-amino-alcohol motifs (C(OH)–C–C–N with tert-alkyl or cyclic N) is 1. The Morgan fingerprint density at radius 1 is 1.56 bits per heavy atom. The van der Waals surface area contributed by atoms with E-state index in [-0.39, 0.29) is 29.6 Å². The zero-order valence-corrected chi connectivity index (χ0v) is 9.46. The highest BCUT2D eigenvalue weighted by Gasteiger charge is 2.32. The summed E-state index contributed by atoms with van der Waals surface area (Å²) in [7, 11) is 0. The van der Waals surface area contributed by atoms with E-state index in [0.29, 0.717) is 5.56 Å². The van der Waals surface area contributed by atoms with E-state index in [1.165, 1.54) is 11.0 Å². The molecule has 1 atom stereocenters. The average Bonchev–Trinajstić information content (AvgIpc) is 2.53. The van der Waals surface area contributed by atoms with Crippen LogP contribution in [0.2, 0.25) is 5.02 Å². The van der Waals surface area contributed by atoms with Crippen LogP contribution in [0.25, 0.3) is 0 Å². The van der Waals surface area contributed by atoms with Gasteiger partial charge in [-0.2, -0.15) is 0 Å². The van der Waals surface area contributed by atoms with E-state index < -0.39 is 11.9 Å². The summed E-state index contributed by atoms with van der Waals surface area (Å²) in [6, 6.07) is 2.83. The molecule has 2 rings (SSSR count). The maximum Gasteiger partial charge on any atom is 0.229 e. The smallest absolute Gasteiger partial charge is 0.229 e. The van der Waals surface area contributed by atoms with Crippen molar-refractivity contribution in [1.29, 1.82) is 0 Å². The molecule has 1 amide bonds. The number of aryl methyl sites for hydroxylation is 1. The van der Waals surface area contributed by atoms with Crippen molar-refractivity contribution in [2.45, 2.75) is 19.4 Å². The van der Waals surface area contributed by atoms with Gasteiger partial charge in [0.15, 0.2) is 0 Å². The monoisotopic (exact) mass is 243 g/mol. The molecule has 0 spiro atoms. The lowest BCUT2D eigenvalue weighted by molar-refractivity contribution is -0.117. The largest absolute Gasteiger partial charge is 0.391 e. The minimum absolute atomic E-state index is 0.0176. The number of anilines is 1. The van der Waals surface area contributed by atoms with Crippen LogP contribution in [-0.4, -0.2) is 23.7 Å². The summed E-state index contributed by atoms with van der Waals surface area (Å²) < 4.78 is 13.6. The molecule has 1 aromatic carbocycles. The molecule has 0 saturated carbocycles. The molecule has 5 heteroatoms. The molecule has 0 bridgehead atoms. The number of nitrogens with zero attached hydrogens (tertiary/aromatic N) is 1. The molecule has 3 nitrogen and oxygen atoms in total. The number of aliphatic hydroxyl groups is 1. The second-order valence-electron chi connectivity index (χ2n) is 3.89. The normalized spacial score (nSPS) is 20.6. The van der Waals surface area contributed by atoms with Gasteiger partial charge >= 0.3 is 0 Å². The maximum absolute atomic E-state index is 13.6. The lowest BCUT2D eigenvalue weighted by Gasteiger charge is -2.19. The number of carbonyl (C=O) groups is 1. The molecule has 1 fully saturated rings. The standard InChI is InChI=1S/C11H11ClFNO2/c1-6-2-3-8(13)11(10(6)12)14-5-7(15)4-9(14)16/h2-3,7,15H,4-5H2,1H3. The van der Waals surface area contributed by atoms with Gasteiger partial charge in [-0.15, -0.1) is 0 Å².